The van der Waals surface area contributed by atoms with Gasteiger partial charge in [-0.1, -0.05) is 11.6 Å². The maximum absolute atomic E-state index is 13.7. The van der Waals surface area contributed by atoms with E-state index in [0.717, 1.165) is 16.8 Å². The summed E-state index contributed by atoms with van der Waals surface area (Å²) in [5.41, 5.74) is 0.358. The molecule has 1 heterocycles. The molecular weight excluding hydrogens is 276 g/mol. The molecule has 1 aromatic heterocycles. The van der Waals surface area contributed by atoms with Gasteiger partial charge in [0.25, 0.3) is 0 Å². The Hall–Kier alpha value is -1.97. The molecule has 98 valence electrons. The summed E-state index contributed by atoms with van der Waals surface area (Å²) < 4.78 is 32.5. The Morgan fingerprint density at radius 2 is 2.21 bits per heavy atom. The summed E-state index contributed by atoms with van der Waals surface area (Å²) in [6.45, 7) is 0.0679. The first-order valence-corrected chi connectivity index (χ1v) is 5.58. The highest BCUT2D eigenvalue weighted by atomic mass is 35.5. The highest BCUT2D eigenvalue weighted by Gasteiger charge is 2.19. The van der Waals surface area contributed by atoms with Crippen LogP contribution in [0, 0.1) is 23.0 Å². The zero-order valence-corrected chi connectivity index (χ0v) is 10.6. The number of aromatic nitrogens is 2. The minimum Gasteiger partial charge on any atom is -0.378 e. The molecule has 0 aliphatic heterocycles. The largest absolute Gasteiger partial charge is 0.378 e. The fraction of sp³-hybridized carbons (Fsp3) is 0.167. The van der Waals surface area contributed by atoms with Gasteiger partial charge in [0.05, 0.1) is 6.61 Å². The molecule has 0 aliphatic carbocycles. The van der Waals surface area contributed by atoms with E-state index in [2.05, 4.69) is 5.10 Å². The van der Waals surface area contributed by atoms with Gasteiger partial charge in [0.15, 0.2) is 11.0 Å². The van der Waals surface area contributed by atoms with Crippen molar-refractivity contribution in [3.63, 3.8) is 0 Å². The Labute approximate surface area is 112 Å². The number of nitriles is 1. The van der Waals surface area contributed by atoms with E-state index in [-0.39, 0.29) is 23.0 Å². The van der Waals surface area contributed by atoms with E-state index < -0.39 is 11.6 Å². The van der Waals surface area contributed by atoms with Crippen molar-refractivity contribution in [2.24, 2.45) is 0 Å². The van der Waals surface area contributed by atoms with E-state index in [1.54, 1.807) is 0 Å². The smallest absolute Gasteiger partial charge is 0.151 e. The predicted molar refractivity (Wildman–Crippen MR) is 63.9 cm³/mol. The van der Waals surface area contributed by atoms with Crippen molar-refractivity contribution in [1.82, 2.24) is 9.78 Å². The third kappa shape index (κ3) is 2.43. The number of halogens is 3. The third-order valence-corrected chi connectivity index (χ3v) is 2.78. The first-order chi connectivity index (χ1) is 9.08. The molecule has 1 aromatic carbocycles. The van der Waals surface area contributed by atoms with E-state index in [4.69, 9.17) is 21.6 Å². The van der Waals surface area contributed by atoms with Gasteiger partial charge in [-0.3, -0.25) is 0 Å². The zero-order chi connectivity index (χ0) is 14.0. The van der Waals surface area contributed by atoms with E-state index >= 15 is 0 Å². The SMILES string of the molecule is COCc1nn(-c2ccc(F)cc2F)c(Cl)c1C#N. The monoisotopic (exact) mass is 283 g/mol. The van der Waals surface area contributed by atoms with Crippen LogP contribution in [0.25, 0.3) is 5.69 Å². The fourth-order valence-electron chi connectivity index (χ4n) is 1.60. The fourth-order valence-corrected chi connectivity index (χ4v) is 1.88. The average Bonchev–Trinajstić information content (AvgIpc) is 2.66. The molecule has 0 atom stereocenters. The lowest BCUT2D eigenvalue weighted by Crippen LogP contribution is -2.01. The molecule has 0 bridgehead atoms. The molecule has 2 aromatic rings. The second kappa shape index (κ2) is 5.34. The van der Waals surface area contributed by atoms with Crippen molar-refractivity contribution < 1.29 is 13.5 Å². The first kappa shape index (κ1) is 13.5. The Morgan fingerprint density at radius 1 is 1.47 bits per heavy atom. The molecule has 0 radical (unpaired) electrons. The van der Waals surface area contributed by atoms with Crippen LogP contribution in [0.2, 0.25) is 5.15 Å². The topological polar surface area (TPSA) is 50.8 Å². The Bertz CT molecular complexity index is 664. The van der Waals surface area contributed by atoms with Crippen LogP contribution in [0.15, 0.2) is 18.2 Å². The van der Waals surface area contributed by atoms with Crippen molar-refractivity contribution in [2.75, 3.05) is 7.11 Å². The summed E-state index contributed by atoms with van der Waals surface area (Å²) in [5.74, 6) is -1.53. The van der Waals surface area contributed by atoms with Gasteiger partial charge < -0.3 is 4.74 Å². The number of ether oxygens (including phenoxy) is 1. The van der Waals surface area contributed by atoms with Crippen LogP contribution < -0.4 is 0 Å². The minimum absolute atomic E-state index is 0.0368. The van der Waals surface area contributed by atoms with Crippen molar-refractivity contribution in [3.05, 3.63) is 46.2 Å². The number of methoxy groups -OCH3 is 1. The molecule has 0 N–H and O–H groups in total. The van der Waals surface area contributed by atoms with E-state index in [9.17, 15) is 8.78 Å². The van der Waals surface area contributed by atoms with E-state index in [1.807, 2.05) is 6.07 Å². The molecule has 0 unspecified atom stereocenters. The summed E-state index contributed by atoms with van der Waals surface area (Å²) in [4.78, 5) is 0. The second-order valence-electron chi connectivity index (χ2n) is 3.66. The Morgan fingerprint density at radius 3 is 2.79 bits per heavy atom. The van der Waals surface area contributed by atoms with Crippen LogP contribution in [0.1, 0.15) is 11.3 Å². The van der Waals surface area contributed by atoms with Crippen LogP contribution in [0.4, 0.5) is 8.78 Å². The van der Waals surface area contributed by atoms with Crippen molar-refractivity contribution in [3.8, 4) is 11.8 Å². The summed E-state index contributed by atoms with van der Waals surface area (Å²) in [7, 11) is 1.44. The maximum atomic E-state index is 13.7. The van der Waals surface area contributed by atoms with Crippen LogP contribution in [-0.4, -0.2) is 16.9 Å². The quantitative estimate of drug-likeness (QED) is 0.870. The van der Waals surface area contributed by atoms with E-state index in [1.165, 1.54) is 13.2 Å². The number of rotatable bonds is 3. The van der Waals surface area contributed by atoms with Gasteiger partial charge in [-0.05, 0) is 12.1 Å². The van der Waals surface area contributed by atoms with Gasteiger partial charge >= 0.3 is 0 Å². The predicted octanol–water partition coefficient (Wildman–Crippen LogP) is 2.82. The van der Waals surface area contributed by atoms with E-state index in [0.29, 0.717) is 5.69 Å². The molecular formula is C12H8ClF2N3O. The lowest BCUT2D eigenvalue weighted by molar-refractivity contribution is 0.181. The number of hydrogen-bond acceptors (Lipinski definition) is 3. The highest BCUT2D eigenvalue weighted by Crippen LogP contribution is 2.25. The first-order valence-electron chi connectivity index (χ1n) is 5.20. The third-order valence-electron chi connectivity index (χ3n) is 2.43. The molecule has 4 nitrogen and oxygen atoms in total. The van der Waals surface area contributed by atoms with Gasteiger partial charge in [-0.2, -0.15) is 10.4 Å². The summed E-state index contributed by atoms with van der Waals surface area (Å²) in [5, 5.41) is 13.0. The molecule has 7 heteroatoms. The molecule has 0 amide bonds. The van der Waals surface area contributed by atoms with Crippen molar-refractivity contribution in [2.45, 2.75) is 6.61 Å². The lowest BCUT2D eigenvalue weighted by Gasteiger charge is -2.04. The molecule has 0 spiro atoms. The normalized spacial score (nSPS) is 10.5. The Balaban J connectivity index is 2.60. The molecule has 0 saturated carbocycles. The van der Waals surface area contributed by atoms with Gasteiger partial charge in [0.1, 0.15) is 28.8 Å². The summed E-state index contributed by atoms with van der Waals surface area (Å²) >= 11 is 5.97. The molecule has 19 heavy (non-hydrogen) atoms. The molecule has 0 saturated heterocycles. The summed E-state index contributed by atoms with van der Waals surface area (Å²) in [6, 6.07) is 4.87. The van der Waals surface area contributed by atoms with Crippen LogP contribution in [-0.2, 0) is 11.3 Å². The zero-order valence-electron chi connectivity index (χ0n) is 9.82. The van der Waals surface area contributed by atoms with Crippen LogP contribution in [0.3, 0.4) is 0 Å². The molecule has 0 aliphatic rings. The maximum Gasteiger partial charge on any atom is 0.151 e. The number of hydrogen-bond donors (Lipinski definition) is 0. The lowest BCUT2D eigenvalue weighted by atomic mass is 10.3. The Kier molecular flexibility index (Phi) is 3.79. The van der Waals surface area contributed by atoms with Crippen LogP contribution in [0.5, 0.6) is 0 Å². The average molecular weight is 284 g/mol. The van der Waals surface area contributed by atoms with Gasteiger partial charge in [0, 0.05) is 13.2 Å². The molecule has 2 rings (SSSR count). The highest BCUT2D eigenvalue weighted by molar-refractivity contribution is 6.31. The van der Waals surface area contributed by atoms with Gasteiger partial charge in [-0.15, -0.1) is 0 Å². The van der Waals surface area contributed by atoms with Gasteiger partial charge in [-0.25, -0.2) is 13.5 Å². The minimum atomic E-state index is -0.821. The van der Waals surface area contributed by atoms with Crippen molar-refractivity contribution in [1.29, 1.82) is 5.26 Å². The second-order valence-corrected chi connectivity index (χ2v) is 4.02. The number of benzene rings is 1. The summed E-state index contributed by atoms with van der Waals surface area (Å²) in [6.07, 6.45) is 0. The number of nitrogens with zero attached hydrogens (tertiary/aromatic N) is 3. The van der Waals surface area contributed by atoms with Crippen molar-refractivity contribution >= 4 is 11.6 Å². The van der Waals surface area contributed by atoms with Crippen LogP contribution >= 0.6 is 11.6 Å². The standard InChI is InChI=1S/C12H8ClF2N3O/c1-19-6-10-8(5-16)12(13)18(17-10)11-3-2-7(14)4-9(11)15/h2-4H,6H2,1H3. The van der Waals surface area contributed by atoms with Gasteiger partial charge in [0.2, 0.25) is 0 Å². The molecule has 0 fully saturated rings.